The van der Waals surface area contributed by atoms with Gasteiger partial charge in [0.25, 0.3) is 0 Å². The van der Waals surface area contributed by atoms with Crippen LogP contribution in [0.3, 0.4) is 0 Å². The molecule has 1 saturated carbocycles. The highest BCUT2D eigenvalue weighted by molar-refractivity contribution is 5.91. The maximum Gasteiger partial charge on any atom is 0.240 e. The van der Waals surface area contributed by atoms with Crippen molar-refractivity contribution in [2.75, 3.05) is 11.9 Å². The summed E-state index contributed by atoms with van der Waals surface area (Å²) in [6, 6.07) is 20.4. The van der Waals surface area contributed by atoms with Gasteiger partial charge in [0.1, 0.15) is 0 Å². The molecule has 4 rings (SSSR count). The lowest BCUT2D eigenvalue weighted by Gasteiger charge is -2.09. The zero-order valence-electron chi connectivity index (χ0n) is 13.9. The van der Waals surface area contributed by atoms with Gasteiger partial charge in [-0.2, -0.15) is 0 Å². The highest BCUT2D eigenvalue weighted by Crippen LogP contribution is 2.24. The number of amides is 1. The number of anilines is 1. The molecule has 5 nitrogen and oxygen atoms in total. The molecular formula is C20H20N4O. The summed E-state index contributed by atoms with van der Waals surface area (Å²) in [4.78, 5) is 16.9. The Morgan fingerprint density at radius 2 is 1.72 bits per heavy atom. The summed E-state index contributed by atoms with van der Waals surface area (Å²) < 4.78 is 1.91. The molecule has 1 aliphatic rings. The summed E-state index contributed by atoms with van der Waals surface area (Å²) in [5.74, 6) is 0.460. The average molecular weight is 332 g/mol. The van der Waals surface area contributed by atoms with Crippen LogP contribution in [0.5, 0.6) is 0 Å². The van der Waals surface area contributed by atoms with Crippen LogP contribution in [-0.4, -0.2) is 28.0 Å². The van der Waals surface area contributed by atoms with Crippen molar-refractivity contribution in [3.63, 3.8) is 0 Å². The second-order valence-corrected chi connectivity index (χ2v) is 6.22. The summed E-state index contributed by atoms with van der Waals surface area (Å²) in [7, 11) is 0. The molecule has 0 aliphatic heterocycles. The Bertz CT molecular complexity index is 854. The zero-order chi connectivity index (χ0) is 17.1. The molecule has 1 amide bonds. The van der Waals surface area contributed by atoms with Gasteiger partial charge in [0, 0.05) is 23.5 Å². The van der Waals surface area contributed by atoms with Gasteiger partial charge in [-0.25, -0.2) is 4.98 Å². The van der Waals surface area contributed by atoms with E-state index < -0.39 is 0 Å². The Kier molecular flexibility index (Phi) is 4.31. The van der Waals surface area contributed by atoms with Crippen LogP contribution in [0.25, 0.3) is 16.9 Å². The van der Waals surface area contributed by atoms with Crippen molar-refractivity contribution in [2.24, 2.45) is 0 Å². The zero-order valence-corrected chi connectivity index (χ0v) is 13.9. The van der Waals surface area contributed by atoms with Crippen LogP contribution in [0.2, 0.25) is 0 Å². The van der Waals surface area contributed by atoms with Gasteiger partial charge >= 0.3 is 0 Å². The Balaban J connectivity index is 1.63. The third-order valence-electron chi connectivity index (χ3n) is 4.19. The number of aromatic nitrogens is 2. The largest absolute Gasteiger partial charge is 0.306 e. The van der Waals surface area contributed by atoms with E-state index >= 15 is 0 Å². The Morgan fingerprint density at radius 3 is 2.40 bits per heavy atom. The highest BCUT2D eigenvalue weighted by atomic mass is 16.2. The van der Waals surface area contributed by atoms with Crippen molar-refractivity contribution in [1.82, 2.24) is 14.9 Å². The average Bonchev–Trinajstić information content (AvgIpc) is 3.40. The minimum Gasteiger partial charge on any atom is -0.306 e. The molecule has 2 aromatic carbocycles. The van der Waals surface area contributed by atoms with Crippen molar-refractivity contribution in [3.8, 4) is 16.9 Å². The number of hydrogen-bond donors (Lipinski definition) is 2. The van der Waals surface area contributed by atoms with Crippen LogP contribution in [0, 0.1) is 0 Å². The molecule has 5 heteroatoms. The fraction of sp³-hybridized carbons (Fsp3) is 0.200. The first-order chi connectivity index (χ1) is 12.3. The third-order valence-corrected chi connectivity index (χ3v) is 4.19. The normalized spacial score (nSPS) is 13.6. The molecule has 2 N–H and O–H groups in total. The number of carbonyl (C=O) groups is 1. The fourth-order valence-corrected chi connectivity index (χ4v) is 2.70. The van der Waals surface area contributed by atoms with Crippen molar-refractivity contribution >= 4 is 11.9 Å². The SMILES string of the molecule is O=C(CNC1CC1)Nc1nc(-c2ccccc2)cn1-c1ccccc1. The Hall–Kier alpha value is -2.92. The smallest absolute Gasteiger partial charge is 0.240 e. The maximum absolute atomic E-state index is 12.2. The number of nitrogens with zero attached hydrogens (tertiary/aromatic N) is 2. The minimum atomic E-state index is -0.0747. The van der Waals surface area contributed by atoms with Crippen LogP contribution in [0.1, 0.15) is 12.8 Å². The molecule has 3 aromatic rings. The van der Waals surface area contributed by atoms with Crippen molar-refractivity contribution < 1.29 is 4.79 Å². The van der Waals surface area contributed by atoms with Gasteiger partial charge < -0.3 is 5.32 Å². The van der Waals surface area contributed by atoms with E-state index in [2.05, 4.69) is 15.6 Å². The summed E-state index contributed by atoms with van der Waals surface area (Å²) in [5.41, 5.74) is 2.81. The summed E-state index contributed by atoms with van der Waals surface area (Å²) in [5, 5.41) is 6.16. The van der Waals surface area contributed by atoms with Gasteiger partial charge in [-0.1, -0.05) is 48.5 Å². The molecule has 1 aliphatic carbocycles. The molecule has 1 fully saturated rings. The third kappa shape index (κ3) is 3.78. The summed E-state index contributed by atoms with van der Waals surface area (Å²) >= 11 is 0. The number of rotatable bonds is 6. The van der Waals surface area contributed by atoms with E-state index in [1.54, 1.807) is 0 Å². The lowest BCUT2D eigenvalue weighted by atomic mass is 10.2. The second-order valence-electron chi connectivity index (χ2n) is 6.22. The number of hydrogen-bond acceptors (Lipinski definition) is 3. The molecule has 0 unspecified atom stereocenters. The molecule has 1 heterocycles. The molecule has 0 atom stereocenters. The topological polar surface area (TPSA) is 59.0 Å². The second kappa shape index (κ2) is 6.91. The van der Waals surface area contributed by atoms with Crippen LogP contribution in [0.4, 0.5) is 5.95 Å². The minimum absolute atomic E-state index is 0.0747. The van der Waals surface area contributed by atoms with Crippen LogP contribution in [0.15, 0.2) is 66.9 Å². The standard InChI is InChI=1S/C20H20N4O/c25-19(13-21-16-11-12-16)23-20-22-18(15-7-3-1-4-8-15)14-24(20)17-9-5-2-6-10-17/h1-10,14,16,21H,11-13H2,(H,22,23,25). The molecule has 0 saturated heterocycles. The van der Waals surface area contributed by atoms with Crippen molar-refractivity contribution in [2.45, 2.75) is 18.9 Å². The number of para-hydroxylation sites is 1. The molecule has 126 valence electrons. The maximum atomic E-state index is 12.2. The molecule has 25 heavy (non-hydrogen) atoms. The van der Waals surface area contributed by atoms with Crippen LogP contribution >= 0.6 is 0 Å². The van der Waals surface area contributed by atoms with E-state index in [1.807, 2.05) is 71.4 Å². The first-order valence-electron chi connectivity index (χ1n) is 8.53. The van der Waals surface area contributed by atoms with E-state index in [-0.39, 0.29) is 5.91 Å². The van der Waals surface area contributed by atoms with E-state index in [1.165, 1.54) is 0 Å². The van der Waals surface area contributed by atoms with Crippen LogP contribution < -0.4 is 10.6 Å². The lowest BCUT2D eigenvalue weighted by Crippen LogP contribution is -2.30. The predicted molar refractivity (Wildman–Crippen MR) is 98.7 cm³/mol. The van der Waals surface area contributed by atoms with Crippen molar-refractivity contribution in [3.05, 3.63) is 66.9 Å². The quantitative estimate of drug-likeness (QED) is 0.728. The van der Waals surface area contributed by atoms with Gasteiger partial charge in [-0.15, -0.1) is 0 Å². The van der Waals surface area contributed by atoms with E-state index in [9.17, 15) is 4.79 Å². The molecule has 1 aromatic heterocycles. The van der Waals surface area contributed by atoms with E-state index in [4.69, 9.17) is 0 Å². The van der Waals surface area contributed by atoms with Gasteiger partial charge in [0.15, 0.2) is 0 Å². The van der Waals surface area contributed by atoms with Gasteiger partial charge in [-0.3, -0.25) is 14.7 Å². The summed E-state index contributed by atoms with van der Waals surface area (Å²) in [6.45, 7) is 0.312. The van der Waals surface area contributed by atoms with E-state index in [0.717, 1.165) is 29.8 Å². The summed E-state index contributed by atoms with van der Waals surface area (Å²) in [6.07, 6.45) is 4.27. The van der Waals surface area contributed by atoms with Gasteiger partial charge in [-0.05, 0) is 25.0 Å². The first kappa shape index (κ1) is 15.6. The number of benzene rings is 2. The number of imidazole rings is 1. The number of carbonyl (C=O) groups excluding carboxylic acids is 1. The van der Waals surface area contributed by atoms with Gasteiger partial charge in [0.2, 0.25) is 11.9 Å². The Morgan fingerprint density at radius 1 is 1.04 bits per heavy atom. The predicted octanol–water partition coefficient (Wildman–Crippen LogP) is 3.23. The molecule has 0 bridgehead atoms. The molecule has 0 spiro atoms. The van der Waals surface area contributed by atoms with Crippen molar-refractivity contribution in [1.29, 1.82) is 0 Å². The lowest BCUT2D eigenvalue weighted by molar-refractivity contribution is -0.115. The number of nitrogens with one attached hydrogen (secondary N) is 2. The molecular weight excluding hydrogens is 312 g/mol. The van der Waals surface area contributed by atoms with Gasteiger partial charge in [0.05, 0.1) is 12.2 Å². The monoisotopic (exact) mass is 332 g/mol. The highest BCUT2D eigenvalue weighted by Gasteiger charge is 2.21. The molecule has 0 radical (unpaired) electrons. The Labute approximate surface area is 146 Å². The van der Waals surface area contributed by atoms with E-state index in [0.29, 0.717) is 18.5 Å². The van der Waals surface area contributed by atoms with Crippen LogP contribution in [-0.2, 0) is 4.79 Å². The fourth-order valence-electron chi connectivity index (χ4n) is 2.70. The first-order valence-corrected chi connectivity index (χ1v) is 8.53.